The molecular weight excluding hydrogens is 560 g/mol. The summed E-state index contributed by atoms with van der Waals surface area (Å²) in [4.78, 5) is 59.0. The molecule has 2 saturated carbocycles. The van der Waals surface area contributed by atoms with E-state index in [1.54, 1.807) is 33.0 Å². The van der Waals surface area contributed by atoms with Crippen LogP contribution in [-0.2, 0) is 19.1 Å². The maximum absolute atomic E-state index is 14.2. The van der Waals surface area contributed by atoms with Crippen LogP contribution in [0.5, 0.6) is 0 Å². The van der Waals surface area contributed by atoms with Crippen LogP contribution in [0.4, 0.5) is 4.79 Å². The molecule has 42 heavy (non-hydrogen) atoms. The van der Waals surface area contributed by atoms with Gasteiger partial charge in [0.2, 0.25) is 11.8 Å². The first kappa shape index (κ1) is 32.0. The first-order chi connectivity index (χ1) is 19.5. The number of nitrogens with zero attached hydrogens (tertiary/aromatic N) is 2. The number of carbonyl (C=O) groups is 4. The van der Waals surface area contributed by atoms with Crippen LogP contribution in [0.15, 0.2) is 18.3 Å². The fraction of sp³-hybridized carbons (Fsp3) is 0.710. The molecule has 5 atom stereocenters. The lowest BCUT2D eigenvalue weighted by Gasteiger charge is -2.37. The van der Waals surface area contributed by atoms with Gasteiger partial charge in [-0.1, -0.05) is 51.6 Å². The first-order valence-corrected chi connectivity index (χ1v) is 15.3. The lowest BCUT2D eigenvalue weighted by Crippen LogP contribution is -2.61. The number of amides is 3. The lowest BCUT2D eigenvalue weighted by molar-refractivity contribution is -0.151. The van der Waals surface area contributed by atoms with E-state index in [-0.39, 0.29) is 23.8 Å². The summed E-state index contributed by atoms with van der Waals surface area (Å²) < 4.78 is 5.45. The molecule has 1 aromatic heterocycles. The van der Waals surface area contributed by atoms with Gasteiger partial charge in [-0.25, -0.2) is 9.59 Å². The fourth-order valence-corrected chi connectivity index (χ4v) is 6.68. The number of carbonyl (C=O) groups excluding carboxylic acids is 3. The minimum Gasteiger partial charge on any atom is -0.480 e. The van der Waals surface area contributed by atoms with E-state index in [0.717, 1.165) is 44.2 Å². The van der Waals surface area contributed by atoms with Gasteiger partial charge in [0.15, 0.2) is 0 Å². The Kier molecular flexibility index (Phi) is 9.17. The molecule has 1 spiro atoms. The minimum absolute atomic E-state index is 0.0332. The normalized spacial score (nSPS) is 25.9. The molecule has 0 aromatic carbocycles. The summed E-state index contributed by atoms with van der Waals surface area (Å²) >= 11 is 6.01. The third-order valence-corrected chi connectivity index (χ3v) is 9.03. The summed E-state index contributed by atoms with van der Waals surface area (Å²) in [7, 11) is 0. The highest BCUT2D eigenvalue weighted by Crippen LogP contribution is 2.65. The zero-order valence-corrected chi connectivity index (χ0v) is 26.3. The maximum atomic E-state index is 14.2. The minimum atomic E-state index is -1.07. The van der Waals surface area contributed by atoms with Crippen LogP contribution in [0.25, 0.3) is 0 Å². The van der Waals surface area contributed by atoms with Gasteiger partial charge in [-0.05, 0) is 75.3 Å². The molecule has 5 unspecified atom stereocenters. The Hall–Kier alpha value is -2.88. The van der Waals surface area contributed by atoms with Crippen molar-refractivity contribution in [2.75, 3.05) is 6.54 Å². The third kappa shape index (κ3) is 7.36. The van der Waals surface area contributed by atoms with Crippen LogP contribution in [0.2, 0.25) is 5.02 Å². The third-order valence-electron chi connectivity index (χ3n) is 8.80. The van der Waals surface area contributed by atoms with Gasteiger partial charge in [-0.15, -0.1) is 0 Å². The highest BCUT2D eigenvalue weighted by Gasteiger charge is 2.64. The summed E-state index contributed by atoms with van der Waals surface area (Å²) in [5, 5.41) is 16.4. The van der Waals surface area contributed by atoms with Crippen LogP contribution in [0, 0.1) is 16.7 Å². The first-order valence-electron chi connectivity index (χ1n) is 15.0. The Morgan fingerprint density at radius 1 is 1.05 bits per heavy atom. The van der Waals surface area contributed by atoms with E-state index in [9.17, 15) is 24.3 Å². The SMILES string of the molecule is CC(C)(C)OC(=O)NC(C(=O)NC(C(=O)N1CC2(CC1C(=O)O)CC2c1ccc(Cl)cn1)C(C)(C)C)C1CCCCC1. The Morgan fingerprint density at radius 3 is 2.26 bits per heavy atom. The second-order valence-corrected chi connectivity index (χ2v) is 14.8. The molecule has 0 bridgehead atoms. The number of halogens is 1. The summed E-state index contributed by atoms with van der Waals surface area (Å²) in [5.41, 5.74) is -1.01. The highest BCUT2D eigenvalue weighted by atomic mass is 35.5. The Labute approximate surface area is 253 Å². The quantitative estimate of drug-likeness (QED) is 0.402. The van der Waals surface area contributed by atoms with Crippen molar-refractivity contribution in [3.8, 4) is 0 Å². The van der Waals surface area contributed by atoms with Gasteiger partial charge in [-0.2, -0.15) is 0 Å². The number of nitrogens with one attached hydrogen (secondary N) is 2. The van der Waals surface area contributed by atoms with Crippen LogP contribution >= 0.6 is 11.6 Å². The summed E-state index contributed by atoms with van der Waals surface area (Å²) in [5.74, 6) is -2.03. The summed E-state index contributed by atoms with van der Waals surface area (Å²) in [6.45, 7) is 11.1. The second kappa shape index (κ2) is 12.0. The second-order valence-electron chi connectivity index (χ2n) is 14.4. The van der Waals surface area contributed by atoms with Gasteiger partial charge in [0, 0.05) is 24.4 Å². The van der Waals surface area contributed by atoms with E-state index in [4.69, 9.17) is 16.3 Å². The van der Waals surface area contributed by atoms with E-state index in [2.05, 4.69) is 15.6 Å². The number of likely N-dealkylation sites (tertiary alicyclic amines) is 1. The van der Waals surface area contributed by atoms with Crippen LogP contribution in [0.3, 0.4) is 0 Å². The molecule has 0 radical (unpaired) electrons. The molecule has 3 amide bonds. The van der Waals surface area contributed by atoms with E-state index >= 15 is 0 Å². The summed E-state index contributed by atoms with van der Waals surface area (Å²) in [6, 6.07) is 0.733. The van der Waals surface area contributed by atoms with E-state index in [1.807, 2.05) is 26.8 Å². The molecule has 1 aliphatic heterocycles. The monoisotopic (exact) mass is 604 g/mol. The number of ether oxygens (including phenoxy) is 1. The molecule has 11 heteroatoms. The van der Waals surface area contributed by atoms with Crippen molar-refractivity contribution in [3.63, 3.8) is 0 Å². The van der Waals surface area contributed by atoms with Crippen molar-refractivity contribution in [2.45, 2.75) is 116 Å². The molecule has 10 nitrogen and oxygen atoms in total. The Bertz CT molecular complexity index is 1190. The lowest BCUT2D eigenvalue weighted by atomic mass is 9.82. The number of pyridine rings is 1. The topological polar surface area (TPSA) is 138 Å². The number of hydrogen-bond donors (Lipinski definition) is 3. The molecule has 232 valence electrons. The number of hydrogen-bond acceptors (Lipinski definition) is 6. The van der Waals surface area contributed by atoms with Crippen molar-refractivity contribution in [3.05, 3.63) is 29.0 Å². The zero-order chi connectivity index (χ0) is 31.0. The van der Waals surface area contributed by atoms with Crippen molar-refractivity contribution < 1.29 is 29.0 Å². The predicted octanol–water partition coefficient (Wildman–Crippen LogP) is 4.90. The van der Waals surface area contributed by atoms with Crippen molar-refractivity contribution >= 4 is 35.5 Å². The molecule has 1 saturated heterocycles. The molecule has 1 aromatic rings. The van der Waals surface area contributed by atoms with Gasteiger partial charge in [0.25, 0.3) is 0 Å². The van der Waals surface area contributed by atoms with Gasteiger partial charge in [0.05, 0.1) is 5.02 Å². The number of aromatic nitrogens is 1. The average Bonchev–Trinajstić information content (AvgIpc) is 3.44. The zero-order valence-electron chi connectivity index (χ0n) is 25.5. The Balaban J connectivity index is 1.55. The van der Waals surface area contributed by atoms with Crippen LogP contribution in [0.1, 0.15) is 98.1 Å². The number of alkyl carbamates (subject to hydrolysis) is 1. The molecule has 4 rings (SSSR count). The molecular formula is C31H45ClN4O6. The van der Waals surface area contributed by atoms with Crippen molar-refractivity contribution in [2.24, 2.45) is 16.7 Å². The molecule has 3 aliphatic rings. The molecule has 3 fully saturated rings. The maximum Gasteiger partial charge on any atom is 0.408 e. The van der Waals surface area contributed by atoms with Crippen molar-refractivity contribution in [1.29, 1.82) is 0 Å². The number of rotatable bonds is 7. The van der Waals surface area contributed by atoms with Crippen LogP contribution in [-0.4, -0.2) is 69.1 Å². The smallest absolute Gasteiger partial charge is 0.408 e. The fourth-order valence-electron chi connectivity index (χ4n) is 6.57. The standard InChI is InChI=1S/C31H45ClN4O6/c1-29(2,3)24(35-25(37)23(18-10-8-7-9-11-18)34-28(41)42-30(4,5)6)26(38)36-17-31(15-22(36)27(39)40)14-20(31)21-13-12-19(32)16-33-21/h12-13,16,18,20,22-24H,7-11,14-15,17H2,1-6H3,(H,34,41)(H,35,37)(H,39,40). The largest absolute Gasteiger partial charge is 0.480 e. The van der Waals surface area contributed by atoms with Gasteiger partial charge in [0.1, 0.15) is 23.7 Å². The van der Waals surface area contributed by atoms with E-state index < -0.39 is 53.0 Å². The Morgan fingerprint density at radius 2 is 1.71 bits per heavy atom. The van der Waals surface area contributed by atoms with E-state index in [0.29, 0.717) is 11.4 Å². The average molecular weight is 605 g/mol. The van der Waals surface area contributed by atoms with Gasteiger partial charge < -0.3 is 25.4 Å². The van der Waals surface area contributed by atoms with E-state index in [1.165, 1.54) is 4.90 Å². The highest BCUT2D eigenvalue weighted by molar-refractivity contribution is 6.30. The van der Waals surface area contributed by atoms with Gasteiger partial charge in [-0.3, -0.25) is 14.6 Å². The molecule has 3 N–H and O–H groups in total. The van der Waals surface area contributed by atoms with Crippen molar-refractivity contribution in [1.82, 2.24) is 20.5 Å². The number of carboxylic acids is 1. The number of carboxylic acid groups (broad SMARTS) is 1. The summed E-state index contributed by atoms with van der Waals surface area (Å²) in [6.07, 6.45) is 6.46. The molecule has 2 aliphatic carbocycles. The number of aliphatic carboxylic acids is 1. The molecule has 2 heterocycles. The van der Waals surface area contributed by atoms with Gasteiger partial charge >= 0.3 is 12.1 Å². The predicted molar refractivity (Wildman–Crippen MR) is 158 cm³/mol. The van der Waals surface area contributed by atoms with Crippen LogP contribution < -0.4 is 10.6 Å².